The zero-order valence-corrected chi connectivity index (χ0v) is 10.2. The van der Waals surface area contributed by atoms with E-state index in [1.807, 2.05) is 42.5 Å². The van der Waals surface area contributed by atoms with Gasteiger partial charge in [0.2, 0.25) is 0 Å². The molecule has 0 nitrogen and oxygen atoms in total. The highest BCUT2D eigenvalue weighted by atomic mass is 35.8. The largest absolute Gasteiger partial charge is 0.344 e. The standard InChI is InChI=1S/C9H9Cl3Si/c10-13(11,12)8-4-7-9-5-2-1-3-6-9/h1-7H,8H2/b7-4+. The van der Waals surface area contributed by atoms with Crippen LogP contribution in [0.1, 0.15) is 5.56 Å². The summed E-state index contributed by atoms with van der Waals surface area (Å²) in [5.74, 6) is 0. The Morgan fingerprint density at radius 3 is 2.23 bits per heavy atom. The second-order valence-electron chi connectivity index (χ2n) is 2.63. The lowest BCUT2D eigenvalue weighted by atomic mass is 10.2. The zero-order valence-electron chi connectivity index (χ0n) is 6.88. The van der Waals surface area contributed by atoms with Crippen molar-refractivity contribution in [2.45, 2.75) is 6.04 Å². The van der Waals surface area contributed by atoms with Crippen molar-refractivity contribution in [2.75, 3.05) is 0 Å². The molecule has 70 valence electrons. The van der Waals surface area contributed by atoms with E-state index >= 15 is 0 Å². The zero-order chi connectivity index (χ0) is 9.73. The molecule has 0 fully saturated rings. The Morgan fingerprint density at radius 1 is 1.08 bits per heavy atom. The van der Waals surface area contributed by atoms with E-state index in [1.54, 1.807) is 0 Å². The molecular weight excluding hydrogens is 243 g/mol. The highest BCUT2D eigenvalue weighted by molar-refractivity contribution is 7.64. The molecule has 0 atom stereocenters. The Balaban J connectivity index is 2.51. The van der Waals surface area contributed by atoms with Crippen molar-refractivity contribution in [1.29, 1.82) is 0 Å². The molecule has 0 unspecified atom stereocenters. The molecule has 1 rings (SSSR count). The molecule has 0 N–H and O–H groups in total. The van der Waals surface area contributed by atoms with Gasteiger partial charge in [-0.15, -0.1) is 33.2 Å². The Labute approximate surface area is 93.2 Å². The molecule has 0 saturated heterocycles. The van der Waals surface area contributed by atoms with Gasteiger partial charge in [0.15, 0.2) is 0 Å². The molecule has 13 heavy (non-hydrogen) atoms. The van der Waals surface area contributed by atoms with Crippen molar-refractivity contribution in [3.63, 3.8) is 0 Å². The molecule has 4 heteroatoms. The number of hydrogen-bond donors (Lipinski definition) is 0. The molecule has 1 aromatic carbocycles. The molecule has 0 amide bonds. The summed E-state index contributed by atoms with van der Waals surface area (Å²) in [6.07, 6.45) is 3.88. The van der Waals surface area contributed by atoms with Gasteiger partial charge < -0.3 is 0 Å². The fraction of sp³-hybridized carbons (Fsp3) is 0.111. The van der Waals surface area contributed by atoms with Crippen LogP contribution in [0.15, 0.2) is 36.4 Å². The third kappa shape index (κ3) is 5.37. The second-order valence-corrected chi connectivity index (χ2v) is 11.8. The predicted molar refractivity (Wildman–Crippen MR) is 63.6 cm³/mol. The summed E-state index contributed by atoms with van der Waals surface area (Å²) in [7, 11) is 0. The van der Waals surface area contributed by atoms with Crippen LogP contribution in [0.5, 0.6) is 0 Å². The lowest BCUT2D eigenvalue weighted by Crippen LogP contribution is -2.05. The number of halogens is 3. The van der Waals surface area contributed by atoms with Crippen LogP contribution >= 0.6 is 33.2 Å². The van der Waals surface area contributed by atoms with E-state index in [2.05, 4.69) is 0 Å². The second kappa shape index (κ2) is 5.06. The van der Waals surface area contributed by atoms with Gasteiger partial charge in [0.1, 0.15) is 0 Å². The first-order valence-corrected chi connectivity index (χ1v) is 9.10. The van der Waals surface area contributed by atoms with Gasteiger partial charge in [-0.3, -0.25) is 0 Å². The van der Waals surface area contributed by atoms with Gasteiger partial charge in [0, 0.05) is 6.04 Å². The summed E-state index contributed by atoms with van der Waals surface area (Å²) >= 11 is 17.2. The van der Waals surface area contributed by atoms with Crippen LogP contribution < -0.4 is 0 Å². The summed E-state index contributed by atoms with van der Waals surface area (Å²) < 4.78 is 0. The maximum atomic E-state index is 5.72. The topological polar surface area (TPSA) is 0 Å². The van der Waals surface area contributed by atoms with Crippen LogP contribution in [-0.4, -0.2) is 6.00 Å². The smallest absolute Gasteiger partial charge is 0.126 e. The summed E-state index contributed by atoms with van der Waals surface area (Å²) in [6.45, 7) is 0. The van der Waals surface area contributed by atoms with Crippen LogP contribution in [0.4, 0.5) is 0 Å². The van der Waals surface area contributed by atoms with E-state index in [1.165, 1.54) is 0 Å². The van der Waals surface area contributed by atoms with E-state index in [9.17, 15) is 0 Å². The molecule has 1 aromatic rings. The minimum Gasteiger partial charge on any atom is -0.126 e. The predicted octanol–water partition coefficient (Wildman–Crippen LogP) is 4.36. The molecule has 0 saturated carbocycles. The molecule has 0 aromatic heterocycles. The Kier molecular flexibility index (Phi) is 4.33. The third-order valence-electron chi connectivity index (χ3n) is 1.46. The molecule has 0 radical (unpaired) electrons. The molecular formula is C9H9Cl3Si. The summed E-state index contributed by atoms with van der Waals surface area (Å²) in [5.41, 5.74) is 1.13. The molecule has 0 aliphatic rings. The van der Waals surface area contributed by atoms with Gasteiger partial charge in [-0.1, -0.05) is 42.5 Å². The van der Waals surface area contributed by atoms with Gasteiger partial charge in [-0.25, -0.2) is 0 Å². The average Bonchev–Trinajstić information content (AvgIpc) is 2.04. The van der Waals surface area contributed by atoms with E-state index in [0.29, 0.717) is 6.04 Å². The van der Waals surface area contributed by atoms with Gasteiger partial charge >= 0.3 is 6.00 Å². The maximum absolute atomic E-state index is 5.72. The summed E-state index contributed by atoms with van der Waals surface area (Å²) in [5, 5.41) is 0. The first kappa shape index (κ1) is 11.1. The molecule has 0 aliphatic heterocycles. The molecule has 0 spiro atoms. The van der Waals surface area contributed by atoms with Crippen LogP contribution in [0.25, 0.3) is 6.08 Å². The fourth-order valence-electron chi connectivity index (χ4n) is 0.893. The first-order chi connectivity index (χ1) is 6.08. The number of allylic oxidation sites excluding steroid dienone is 1. The van der Waals surface area contributed by atoms with Gasteiger partial charge in [0.05, 0.1) is 0 Å². The number of benzene rings is 1. The van der Waals surface area contributed by atoms with Crippen molar-refractivity contribution in [3.05, 3.63) is 42.0 Å². The molecule has 0 aliphatic carbocycles. The lowest BCUT2D eigenvalue weighted by molar-refractivity contribution is 1.63. The highest BCUT2D eigenvalue weighted by Crippen LogP contribution is 2.25. The fourth-order valence-corrected chi connectivity index (χ4v) is 2.08. The third-order valence-corrected chi connectivity index (χ3v) is 3.55. The van der Waals surface area contributed by atoms with Gasteiger partial charge in [-0.2, -0.15) is 0 Å². The normalized spacial score (nSPS) is 12.2. The van der Waals surface area contributed by atoms with Crippen molar-refractivity contribution in [3.8, 4) is 0 Å². The Bertz CT molecular complexity index is 277. The number of rotatable bonds is 3. The van der Waals surface area contributed by atoms with Crippen molar-refractivity contribution >= 4 is 45.3 Å². The lowest BCUT2D eigenvalue weighted by Gasteiger charge is -2.01. The minimum absolute atomic E-state index is 0.562. The van der Waals surface area contributed by atoms with Crippen LogP contribution in [0, 0.1) is 0 Å². The quantitative estimate of drug-likeness (QED) is 0.553. The van der Waals surface area contributed by atoms with Gasteiger partial charge in [0.25, 0.3) is 0 Å². The minimum atomic E-state index is -2.48. The van der Waals surface area contributed by atoms with E-state index < -0.39 is 6.00 Å². The Hall–Kier alpha value is 0.0469. The van der Waals surface area contributed by atoms with E-state index in [0.717, 1.165) is 5.56 Å². The number of hydrogen-bond acceptors (Lipinski definition) is 0. The van der Waals surface area contributed by atoms with Crippen molar-refractivity contribution in [2.24, 2.45) is 0 Å². The van der Waals surface area contributed by atoms with Crippen LogP contribution in [-0.2, 0) is 0 Å². The van der Waals surface area contributed by atoms with Crippen molar-refractivity contribution in [1.82, 2.24) is 0 Å². The highest BCUT2D eigenvalue weighted by Gasteiger charge is 2.22. The SMILES string of the molecule is Cl[Si](Cl)(Cl)C/C=C/c1ccccc1. The van der Waals surface area contributed by atoms with Crippen molar-refractivity contribution < 1.29 is 0 Å². The van der Waals surface area contributed by atoms with Crippen LogP contribution in [0.3, 0.4) is 0 Å². The maximum Gasteiger partial charge on any atom is 0.344 e. The van der Waals surface area contributed by atoms with E-state index in [-0.39, 0.29) is 0 Å². The van der Waals surface area contributed by atoms with E-state index in [4.69, 9.17) is 33.2 Å². The summed E-state index contributed by atoms with van der Waals surface area (Å²) in [6, 6.07) is 8.03. The Morgan fingerprint density at radius 2 is 1.69 bits per heavy atom. The van der Waals surface area contributed by atoms with Gasteiger partial charge in [-0.05, 0) is 5.56 Å². The monoisotopic (exact) mass is 250 g/mol. The van der Waals surface area contributed by atoms with Crippen LogP contribution in [0.2, 0.25) is 6.04 Å². The molecule has 0 bridgehead atoms. The first-order valence-electron chi connectivity index (χ1n) is 3.86. The summed E-state index contributed by atoms with van der Waals surface area (Å²) in [4.78, 5) is 0. The molecule has 0 heterocycles. The average molecular weight is 252 g/mol.